The van der Waals surface area contributed by atoms with Gasteiger partial charge >= 0.3 is 6.18 Å². The molecule has 0 amide bonds. The van der Waals surface area contributed by atoms with Gasteiger partial charge in [-0.15, -0.1) is 0 Å². The molecule has 0 N–H and O–H groups in total. The fraction of sp³-hybridized carbons (Fsp3) is 0.143. The minimum atomic E-state index is -4.49. The Morgan fingerprint density at radius 1 is 1.15 bits per heavy atom. The molecule has 2 aromatic rings. The monoisotopic (exact) mass is 281 g/mol. The second kappa shape index (κ2) is 5.32. The Labute approximate surface area is 113 Å². The van der Waals surface area contributed by atoms with Crippen LogP contribution in [-0.2, 0) is 6.18 Å². The average Bonchev–Trinajstić information content (AvgIpc) is 2.46. The Hall–Kier alpha value is -2.37. The molecule has 6 heteroatoms. The predicted molar refractivity (Wildman–Crippen MR) is 65.7 cm³/mol. The SMILES string of the molecule is COc1cccc(C(=O)c2cccc(C(F)(F)F)c2)n1. The summed E-state index contributed by atoms with van der Waals surface area (Å²) < 4.78 is 42.7. The van der Waals surface area contributed by atoms with Gasteiger partial charge in [0.05, 0.1) is 12.7 Å². The van der Waals surface area contributed by atoms with Gasteiger partial charge in [0.25, 0.3) is 0 Å². The van der Waals surface area contributed by atoms with Crippen LogP contribution in [0.3, 0.4) is 0 Å². The van der Waals surface area contributed by atoms with Crippen LogP contribution < -0.4 is 4.74 Å². The van der Waals surface area contributed by atoms with Crippen molar-refractivity contribution in [3.63, 3.8) is 0 Å². The quantitative estimate of drug-likeness (QED) is 0.810. The number of alkyl halides is 3. The van der Waals surface area contributed by atoms with Crippen LogP contribution in [0.15, 0.2) is 42.5 Å². The van der Waals surface area contributed by atoms with Gasteiger partial charge in [0, 0.05) is 11.6 Å². The van der Waals surface area contributed by atoms with E-state index in [1.54, 1.807) is 12.1 Å². The van der Waals surface area contributed by atoms with E-state index in [1.807, 2.05) is 0 Å². The Morgan fingerprint density at radius 2 is 1.85 bits per heavy atom. The number of halogens is 3. The van der Waals surface area contributed by atoms with E-state index in [0.717, 1.165) is 12.1 Å². The summed E-state index contributed by atoms with van der Waals surface area (Å²) in [6, 6.07) is 8.74. The van der Waals surface area contributed by atoms with Crippen molar-refractivity contribution in [1.82, 2.24) is 4.98 Å². The Kier molecular flexibility index (Phi) is 3.74. The number of aromatic nitrogens is 1. The van der Waals surface area contributed by atoms with E-state index in [0.29, 0.717) is 0 Å². The van der Waals surface area contributed by atoms with Crippen molar-refractivity contribution in [2.45, 2.75) is 6.18 Å². The standard InChI is InChI=1S/C14H10F3NO2/c1-20-12-7-3-6-11(18-12)13(19)9-4-2-5-10(8-9)14(15,16)17/h2-8H,1H3. The largest absolute Gasteiger partial charge is 0.481 e. The van der Waals surface area contributed by atoms with Crippen molar-refractivity contribution in [1.29, 1.82) is 0 Å². The van der Waals surface area contributed by atoms with E-state index in [4.69, 9.17) is 4.74 Å². The van der Waals surface area contributed by atoms with Crippen molar-refractivity contribution in [3.8, 4) is 5.88 Å². The molecule has 0 aliphatic rings. The maximum absolute atomic E-state index is 12.6. The highest BCUT2D eigenvalue weighted by Crippen LogP contribution is 2.29. The molecule has 0 saturated carbocycles. The topological polar surface area (TPSA) is 39.2 Å². The molecule has 0 aliphatic carbocycles. The molecular formula is C14H10F3NO2. The molecule has 0 unspecified atom stereocenters. The molecular weight excluding hydrogens is 271 g/mol. The summed E-state index contributed by atoms with van der Waals surface area (Å²) in [6.07, 6.45) is -4.49. The first kappa shape index (κ1) is 14.0. The fourth-order valence-electron chi connectivity index (χ4n) is 1.64. The minimum absolute atomic E-state index is 0.0312. The number of carbonyl (C=O) groups excluding carboxylic acids is 1. The summed E-state index contributed by atoms with van der Waals surface area (Å²) >= 11 is 0. The highest BCUT2D eigenvalue weighted by atomic mass is 19.4. The smallest absolute Gasteiger partial charge is 0.416 e. The van der Waals surface area contributed by atoms with Crippen LogP contribution >= 0.6 is 0 Å². The number of hydrogen-bond donors (Lipinski definition) is 0. The number of methoxy groups -OCH3 is 1. The molecule has 104 valence electrons. The minimum Gasteiger partial charge on any atom is -0.481 e. The third kappa shape index (κ3) is 2.96. The Balaban J connectivity index is 2.38. The molecule has 1 aromatic heterocycles. The van der Waals surface area contributed by atoms with Gasteiger partial charge in [-0.1, -0.05) is 18.2 Å². The molecule has 0 spiro atoms. The summed E-state index contributed by atoms with van der Waals surface area (Å²) in [4.78, 5) is 16.0. The van der Waals surface area contributed by atoms with E-state index in [2.05, 4.69) is 4.98 Å². The van der Waals surface area contributed by atoms with Gasteiger partial charge in [-0.2, -0.15) is 13.2 Å². The van der Waals surface area contributed by atoms with Gasteiger partial charge in [-0.25, -0.2) is 4.98 Å². The molecule has 1 aromatic carbocycles. The number of carbonyl (C=O) groups is 1. The number of ketones is 1. The van der Waals surface area contributed by atoms with E-state index in [9.17, 15) is 18.0 Å². The van der Waals surface area contributed by atoms with Crippen molar-refractivity contribution in [2.24, 2.45) is 0 Å². The number of hydrogen-bond acceptors (Lipinski definition) is 3. The van der Waals surface area contributed by atoms with Crippen molar-refractivity contribution in [2.75, 3.05) is 7.11 Å². The fourth-order valence-corrected chi connectivity index (χ4v) is 1.64. The average molecular weight is 281 g/mol. The first-order valence-corrected chi connectivity index (χ1v) is 5.65. The van der Waals surface area contributed by atoms with E-state index >= 15 is 0 Å². The Morgan fingerprint density at radius 3 is 2.50 bits per heavy atom. The molecule has 0 aliphatic heterocycles. The number of ether oxygens (including phenoxy) is 1. The lowest BCUT2D eigenvalue weighted by molar-refractivity contribution is -0.137. The van der Waals surface area contributed by atoms with Gasteiger partial charge in [0.2, 0.25) is 11.7 Å². The van der Waals surface area contributed by atoms with Gasteiger partial charge in [-0.05, 0) is 18.2 Å². The Bertz CT molecular complexity index is 638. The molecule has 0 bridgehead atoms. The predicted octanol–water partition coefficient (Wildman–Crippen LogP) is 3.34. The molecule has 0 saturated heterocycles. The molecule has 1 heterocycles. The molecule has 20 heavy (non-hydrogen) atoms. The second-order valence-corrected chi connectivity index (χ2v) is 3.97. The maximum atomic E-state index is 12.6. The summed E-state index contributed by atoms with van der Waals surface area (Å²) in [6.45, 7) is 0. The van der Waals surface area contributed by atoms with E-state index < -0.39 is 17.5 Å². The van der Waals surface area contributed by atoms with Gasteiger partial charge in [0.1, 0.15) is 5.69 Å². The lowest BCUT2D eigenvalue weighted by Gasteiger charge is -2.08. The molecule has 3 nitrogen and oxygen atoms in total. The molecule has 2 rings (SSSR count). The van der Waals surface area contributed by atoms with Crippen molar-refractivity contribution < 1.29 is 22.7 Å². The van der Waals surface area contributed by atoms with Crippen LogP contribution in [0.1, 0.15) is 21.6 Å². The summed E-state index contributed by atoms with van der Waals surface area (Å²) in [5, 5.41) is 0. The number of benzene rings is 1. The van der Waals surface area contributed by atoms with E-state index in [-0.39, 0.29) is 17.1 Å². The highest BCUT2D eigenvalue weighted by molar-refractivity contribution is 6.07. The first-order chi connectivity index (χ1) is 9.41. The van der Waals surface area contributed by atoms with Crippen LogP contribution in [0.5, 0.6) is 5.88 Å². The summed E-state index contributed by atoms with van der Waals surface area (Å²) in [7, 11) is 1.39. The zero-order valence-electron chi connectivity index (χ0n) is 10.4. The highest BCUT2D eigenvalue weighted by Gasteiger charge is 2.31. The maximum Gasteiger partial charge on any atom is 0.416 e. The van der Waals surface area contributed by atoms with Crippen LogP contribution in [0.4, 0.5) is 13.2 Å². The van der Waals surface area contributed by atoms with Gasteiger partial charge < -0.3 is 4.74 Å². The van der Waals surface area contributed by atoms with Crippen molar-refractivity contribution >= 4 is 5.78 Å². The van der Waals surface area contributed by atoms with Gasteiger partial charge in [-0.3, -0.25) is 4.79 Å². The van der Waals surface area contributed by atoms with Crippen molar-refractivity contribution in [3.05, 3.63) is 59.3 Å². The molecule has 0 fully saturated rings. The summed E-state index contributed by atoms with van der Waals surface area (Å²) in [5.41, 5.74) is -0.907. The zero-order valence-corrected chi connectivity index (χ0v) is 10.4. The molecule has 0 radical (unpaired) electrons. The third-order valence-electron chi connectivity index (χ3n) is 2.62. The van der Waals surface area contributed by atoms with Crippen LogP contribution in [0.2, 0.25) is 0 Å². The normalized spacial score (nSPS) is 11.2. The lowest BCUT2D eigenvalue weighted by atomic mass is 10.0. The number of nitrogens with zero attached hydrogens (tertiary/aromatic N) is 1. The molecule has 0 atom stereocenters. The van der Waals surface area contributed by atoms with Crippen LogP contribution in [0.25, 0.3) is 0 Å². The number of rotatable bonds is 3. The van der Waals surface area contributed by atoms with E-state index in [1.165, 1.54) is 25.3 Å². The van der Waals surface area contributed by atoms with Gasteiger partial charge in [0.15, 0.2) is 0 Å². The third-order valence-corrected chi connectivity index (χ3v) is 2.62. The zero-order chi connectivity index (χ0) is 14.8. The van der Waals surface area contributed by atoms with Crippen LogP contribution in [-0.4, -0.2) is 17.9 Å². The second-order valence-electron chi connectivity index (χ2n) is 3.97. The first-order valence-electron chi connectivity index (χ1n) is 5.65. The van der Waals surface area contributed by atoms with Crippen LogP contribution in [0, 0.1) is 0 Å². The summed E-state index contributed by atoms with van der Waals surface area (Å²) in [5.74, 6) is -0.363. The number of pyridine rings is 1. The lowest BCUT2D eigenvalue weighted by Crippen LogP contribution is -2.09.